The van der Waals surface area contributed by atoms with Gasteiger partial charge < -0.3 is 10.5 Å². The third-order valence-electron chi connectivity index (χ3n) is 2.97. The highest BCUT2D eigenvalue weighted by atomic mass is 79.9. The zero-order chi connectivity index (χ0) is 14.9. The van der Waals surface area contributed by atoms with Crippen molar-refractivity contribution in [3.8, 4) is 10.4 Å². The van der Waals surface area contributed by atoms with Crippen LogP contribution in [0, 0.1) is 5.82 Å². The van der Waals surface area contributed by atoms with E-state index < -0.39 is 5.97 Å². The first-order valence-electron chi connectivity index (χ1n) is 5.95. The number of thiophene rings is 1. The summed E-state index contributed by atoms with van der Waals surface area (Å²) in [6, 6.07) is 4.79. The number of methoxy groups -OCH3 is 1. The summed E-state index contributed by atoms with van der Waals surface area (Å²) in [5, 5.41) is 0. The molecule has 0 unspecified atom stereocenters. The molecule has 20 heavy (non-hydrogen) atoms. The summed E-state index contributed by atoms with van der Waals surface area (Å²) >= 11 is 4.47. The fourth-order valence-electron chi connectivity index (χ4n) is 1.97. The Bertz CT molecular complexity index is 669. The lowest BCUT2D eigenvalue weighted by Crippen LogP contribution is -2.02. The van der Waals surface area contributed by atoms with Gasteiger partial charge in [-0.3, -0.25) is 0 Å². The minimum absolute atomic E-state index is 0.351. The van der Waals surface area contributed by atoms with Crippen LogP contribution >= 0.6 is 27.3 Å². The van der Waals surface area contributed by atoms with Gasteiger partial charge in [0.1, 0.15) is 10.7 Å². The maximum atomic E-state index is 13.7. The van der Waals surface area contributed by atoms with Gasteiger partial charge in [-0.25, -0.2) is 9.18 Å². The van der Waals surface area contributed by atoms with Crippen molar-refractivity contribution in [2.24, 2.45) is 0 Å². The van der Waals surface area contributed by atoms with Crippen LogP contribution in [0.2, 0.25) is 0 Å². The molecule has 0 fully saturated rings. The maximum Gasteiger partial charge on any atom is 0.350 e. The second-order valence-electron chi connectivity index (χ2n) is 4.10. The van der Waals surface area contributed by atoms with Crippen LogP contribution in [0.15, 0.2) is 22.7 Å². The molecule has 0 radical (unpaired) electrons. The average molecular weight is 358 g/mol. The number of carbonyl (C=O) groups is 1. The molecule has 1 aromatic heterocycles. The smallest absolute Gasteiger partial charge is 0.350 e. The minimum atomic E-state index is -0.471. The molecule has 0 aliphatic carbocycles. The molecule has 0 saturated heterocycles. The van der Waals surface area contributed by atoms with E-state index in [2.05, 4.69) is 15.9 Å². The van der Waals surface area contributed by atoms with E-state index in [1.165, 1.54) is 24.5 Å². The Hall–Kier alpha value is -1.40. The number of hydrogen-bond donors (Lipinski definition) is 1. The molecule has 0 amide bonds. The summed E-state index contributed by atoms with van der Waals surface area (Å²) in [7, 11) is 1.31. The minimum Gasteiger partial charge on any atom is -0.465 e. The molecule has 3 nitrogen and oxygen atoms in total. The predicted octanol–water partition coefficient (Wildman–Crippen LogP) is 4.25. The Kier molecular flexibility index (Phi) is 4.45. The van der Waals surface area contributed by atoms with Gasteiger partial charge >= 0.3 is 5.97 Å². The molecule has 0 spiro atoms. The van der Waals surface area contributed by atoms with Crippen molar-refractivity contribution in [1.82, 2.24) is 0 Å². The second-order valence-corrected chi connectivity index (χ2v) is 5.91. The van der Waals surface area contributed by atoms with E-state index in [9.17, 15) is 9.18 Å². The number of nitrogens with two attached hydrogens (primary N) is 1. The van der Waals surface area contributed by atoms with E-state index in [0.29, 0.717) is 27.0 Å². The molecule has 0 saturated carbocycles. The van der Waals surface area contributed by atoms with E-state index in [1.807, 2.05) is 6.92 Å². The summed E-state index contributed by atoms with van der Waals surface area (Å²) in [6.45, 7) is 1.94. The summed E-state index contributed by atoms with van der Waals surface area (Å²) in [5.74, 6) is -0.822. The zero-order valence-electron chi connectivity index (χ0n) is 11.0. The van der Waals surface area contributed by atoms with Crippen molar-refractivity contribution in [1.29, 1.82) is 0 Å². The number of anilines is 1. The molecule has 2 aromatic rings. The number of rotatable bonds is 3. The summed E-state index contributed by atoms with van der Waals surface area (Å²) in [5.41, 5.74) is 7.95. The highest BCUT2D eigenvalue weighted by molar-refractivity contribution is 9.10. The molecule has 0 bridgehead atoms. The molecule has 0 aliphatic heterocycles. The number of nitrogen functional groups attached to an aromatic ring is 1. The monoisotopic (exact) mass is 357 g/mol. The predicted molar refractivity (Wildman–Crippen MR) is 82.5 cm³/mol. The average Bonchev–Trinajstić information content (AvgIpc) is 2.77. The van der Waals surface area contributed by atoms with Crippen molar-refractivity contribution in [2.75, 3.05) is 12.8 Å². The molecule has 2 rings (SSSR count). The van der Waals surface area contributed by atoms with Crippen molar-refractivity contribution in [2.45, 2.75) is 13.3 Å². The van der Waals surface area contributed by atoms with Gasteiger partial charge in [-0.1, -0.05) is 19.1 Å². The fraction of sp³-hybridized carbons (Fsp3) is 0.214. The normalized spacial score (nSPS) is 10.6. The van der Waals surface area contributed by atoms with Crippen molar-refractivity contribution >= 4 is 38.9 Å². The van der Waals surface area contributed by atoms with Crippen molar-refractivity contribution in [3.63, 3.8) is 0 Å². The molecule has 6 heteroatoms. The summed E-state index contributed by atoms with van der Waals surface area (Å²) < 4.78 is 18.8. The highest BCUT2D eigenvalue weighted by Crippen LogP contribution is 2.42. The van der Waals surface area contributed by atoms with Crippen LogP contribution in [-0.4, -0.2) is 13.1 Å². The van der Waals surface area contributed by atoms with Gasteiger partial charge in [0.05, 0.1) is 17.3 Å². The summed E-state index contributed by atoms with van der Waals surface area (Å²) in [4.78, 5) is 12.9. The van der Waals surface area contributed by atoms with Crippen molar-refractivity contribution in [3.05, 3.63) is 38.9 Å². The van der Waals surface area contributed by atoms with Crippen LogP contribution in [-0.2, 0) is 11.2 Å². The van der Waals surface area contributed by atoms with Gasteiger partial charge in [0.2, 0.25) is 0 Å². The third-order valence-corrected chi connectivity index (χ3v) is 5.04. The Morgan fingerprint density at radius 3 is 2.80 bits per heavy atom. The lowest BCUT2D eigenvalue weighted by molar-refractivity contribution is 0.0607. The second kappa shape index (κ2) is 5.93. The lowest BCUT2D eigenvalue weighted by Gasteiger charge is -2.06. The van der Waals surface area contributed by atoms with Gasteiger partial charge in [0, 0.05) is 10.4 Å². The van der Waals surface area contributed by atoms with Crippen molar-refractivity contribution < 1.29 is 13.9 Å². The SMILES string of the molecule is CCc1c(-c2cccc(F)c2Br)sc(C(=O)OC)c1N. The molecule has 2 N–H and O–H groups in total. The first kappa shape index (κ1) is 15.0. The van der Waals surface area contributed by atoms with Gasteiger partial charge in [-0.05, 0) is 34.0 Å². The van der Waals surface area contributed by atoms with E-state index in [1.54, 1.807) is 12.1 Å². The molecule has 0 atom stereocenters. The Morgan fingerprint density at radius 2 is 2.20 bits per heavy atom. The van der Waals surface area contributed by atoms with E-state index in [-0.39, 0.29) is 5.82 Å². The number of esters is 1. The standard InChI is InChI=1S/C14H13BrFNO2S/c1-3-7-11(17)13(14(18)19-2)20-12(7)8-5-4-6-9(16)10(8)15/h4-6H,3,17H2,1-2H3. The van der Waals surface area contributed by atoms with E-state index in [0.717, 1.165) is 10.4 Å². The molecule has 1 aromatic carbocycles. The molecular formula is C14H13BrFNO2S. The van der Waals surface area contributed by atoms with Crippen LogP contribution in [0.25, 0.3) is 10.4 Å². The Balaban J connectivity index is 2.68. The largest absolute Gasteiger partial charge is 0.465 e. The number of carbonyl (C=O) groups excluding carboxylic acids is 1. The van der Waals surface area contributed by atoms with Crippen LogP contribution in [0.1, 0.15) is 22.2 Å². The topological polar surface area (TPSA) is 52.3 Å². The van der Waals surface area contributed by atoms with E-state index >= 15 is 0 Å². The Morgan fingerprint density at radius 1 is 1.50 bits per heavy atom. The van der Waals surface area contributed by atoms with Gasteiger partial charge in [-0.15, -0.1) is 11.3 Å². The van der Waals surface area contributed by atoms with Crippen LogP contribution in [0.3, 0.4) is 0 Å². The van der Waals surface area contributed by atoms with Gasteiger partial charge in [0.15, 0.2) is 0 Å². The first-order valence-corrected chi connectivity index (χ1v) is 7.56. The van der Waals surface area contributed by atoms with Gasteiger partial charge in [-0.2, -0.15) is 0 Å². The summed E-state index contributed by atoms with van der Waals surface area (Å²) in [6.07, 6.45) is 0.650. The van der Waals surface area contributed by atoms with Gasteiger partial charge in [0.25, 0.3) is 0 Å². The molecule has 106 valence electrons. The van der Waals surface area contributed by atoms with Crippen LogP contribution in [0.5, 0.6) is 0 Å². The van der Waals surface area contributed by atoms with Crippen LogP contribution in [0.4, 0.5) is 10.1 Å². The number of ether oxygens (including phenoxy) is 1. The molecule has 0 aliphatic rings. The Labute approximate surface area is 128 Å². The fourth-order valence-corrected chi connectivity index (χ4v) is 3.83. The molecular weight excluding hydrogens is 345 g/mol. The molecule has 1 heterocycles. The quantitative estimate of drug-likeness (QED) is 0.835. The van der Waals surface area contributed by atoms with E-state index in [4.69, 9.17) is 10.5 Å². The zero-order valence-corrected chi connectivity index (χ0v) is 13.4. The highest BCUT2D eigenvalue weighted by Gasteiger charge is 2.23. The number of hydrogen-bond acceptors (Lipinski definition) is 4. The maximum absolute atomic E-state index is 13.7. The lowest BCUT2D eigenvalue weighted by atomic mass is 10.1. The first-order chi connectivity index (χ1) is 9.51. The number of benzene rings is 1. The number of halogens is 2. The van der Waals surface area contributed by atoms with Crippen LogP contribution < -0.4 is 5.73 Å². The third kappa shape index (κ3) is 2.45.